The molecule has 0 saturated carbocycles. The predicted molar refractivity (Wildman–Crippen MR) is 293 cm³/mol. The van der Waals surface area contributed by atoms with E-state index in [2.05, 4.69) is 107 Å². The molecule has 0 spiro atoms. The topological polar surface area (TPSA) is 129 Å². The van der Waals surface area contributed by atoms with Crippen molar-refractivity contribution in [2.24, 2.45) is 0 Å². The van der Waals surface area contributed by atoms with Gasteiger partial charge in [-0.25, -0.2) is 9.97 Å². The lowest BCUT2D eigenvalue weighted by Gasteiger charge is -2.48. The van der Waals surface area contributed by atoms with Gasteiger partial charge in [-0.05, 0) is 84.3 Å². The molecular weight excluding hydrogens is 1020 g/mol. The molecule has 0 unspecified atom stereocenters. The van der Waals surface area contributed by atoms with Gasteiger partial charge >= 0.3 is 0 Å². The van der Waals surface area contributed by atoms with Gasteiger partial charge in [0.05, 0.1) is 0 Å². The Kier molecular flexibility index (Phi) is 16.6. The standard InChI is InChI=1S/C28H31N5O2S.C21H25N5O2S.C7H7Br/c34-27(23-8-9-25-22(17-23)7-4-11-32(25)18-21-5-2-1-3-6-21)33-19-24(20-33)30-12-14-31(15-13-30)28(35)26-29-10-16-36-26;27-20(16-3-4-18-15(12-16)2-1-5-22-18)26-13-17(14-26)24-7-9-25(10-8-24)21(28)19-23-6-11-29-19;8-6-7-4-2-1-3-5-7/h1-3,5-6,8-10,16-17,24H,4,7,11-15,18-20H2;3-4,6,11-12,17,22H,1-2,5,7-10,13-14H2;1-5H,6H2. The number of aromatic nitrogens is 2. The van der Waals surface area contributed by atoms with Gasteiger partial charge in [-0.2, -0.15) is 0 Å². The molecule has 0 bridgehead atoms. The first-order valence-electron chi connectivity index (χ1n) is 25.6. The highest BCUT2D eigenvalue weighted by Crippen LogP contribution is 2.31. The predicted octanol–water partition coefficient (Wildman–Crippen LogP) is 7.74. The van der Waals surface area contributed by atoms with Crippen LogP contribution >= 0.6 is 38.6 Å². The number of alkyl halides is 1. The van der Waals surface area contributed by atoms with Gasteiger partial charge in [0, 0.05) is 161 Å². The molecule has 1 N–H and O–H groups in total. The number of thiazole rings is 2. The Morgan fingerprint density at radius 1 is 0.548 bits per heavy atom. The van der Waals surface area contributed by atoms with E-state index in [1.807, 2.05) is 66.8 Å². The molecule has 4 saturated heterocycles. The molecule has 8 heterocycles. The number of rotatable bonds is 9. The number of hydrogen-bond acceptors (Lipinski definition) is 12. The summed E-state index contributed by atoms with van der Waals surface area (Å²) in [7, 11) is 0. The Balaban J connectivity index is 0.000000148. The number of likely N-dealkylation sites (tertiary alicyclic amines) is 2. The zero-order chi connectivity index (χ0) is 50.1. The molecule has 6 aliphatic rings. The number of hydrogen-bond donors (Lipinski definition) is 1. The quantitative estimate of drug-likeness (QED) is 0.144. The van der Waals surface area contributed by atoms with Crippen molar-refractivity contribution in [2.75, 3.05) is 102 Å². The van der Waals surface area contributed by atoms with Crippen molar-refractivity contribution in [1.82, 2.24) is 39.4 Å². The number of nitrogens with zero attached hydrogens (tertiary/aromatic N) is 9. The van der Waals surface area contributed by atoms with Crippen LogP contribution in [0.3, 0.4) is 0 Å². The summed E-state index contributed by atoms with van der Waals surface area (Å²) in [6.45, 7) is 12.3. The first-order valence-corrected chi connectivity index (χ1v) is 28.5. The van der Waals surface area contributed by atoms with Gasteiger partial charge in [0.2, 0.25) is 0 Å². The molecule has 0 aliphatic carbocycles. The number of aryl methyl sites for hydroxylation is 2. The molecule has 73 heavy (non-hydrogen) atoms. The third-order valence-corrected chi connectivity index (χ3v) is 17.0. The smallest absolute Gasteiger partial charge is 0.282 e. The van der Waals surface area contributed by atoms with Crippen molar-refractivity contribution in [3.05, 3.63) is 164 Å². The lowest BCUT2D eigenvalue weighted by Crippen LogP contribution is -2.64. The van der Waals surface area contributed by atoms with Crippen LogP contribution in [-0.2, 0) is 24.7 Å². The average molecular weight is 1080 g/mol. The van der Waals surface area contributed by atoms with Gasteiger partial charge in [0.25, 0.3) is 23.6 Å². The molecule has 4 aromatic carbocycles. The number of halogens is 1. The zero-order valence-corrected chi connectivity index (χ0v) is 44.4. The number of carbonyl (C=O) groups is 4. The fourth-order valence-corrected chi connectivity index (χ4v) is 12.1. The Hall–Kier alpha value is -5.98. The van der Waals surface area contributed by atoms with Gasteiger partial charge in [0.1, 0.15) is 0 Å². The summed E-state index contributed by atoms with van der Waals surface area (Å²) in [5.74, 6) is 0.329. The molecule has 380 valence electrons. The van der Waals surface area contributed by atoms with Crippen LogP contribution in [-0.4, -0.2) is 167 Å². The van der Waals surface area contributed by atoms with Crippen molar-refractivity contribution < 1.29 is 19.2 Å². The van der Waals surface area contributed by atoms with Crippen LogP contribution in [0.15, 0.2) is 120 Å². The van der Waals surface area contributed by atoms with Crippen LogP contribution in [0.4, 0.5) is 11.4 Å². The maximum absolute atomic E-state index is 13.2. The summed E-state index contributed by atoms with van der Waals surface area (Å²) in [5, 5.41) is 9.16. The van der Waals surface area contributed by atoms with Crippen LogP contribution < -0.4 is 10.2 Å². The van der Waals surface area contributed by atoms with Crippen LogP contribution in [0.5, 0.6) is 0 Å². The van der Waals surface area contributed by atoms with E-state index in [0.29, 0.717) is 35.2 Å². The first kappa shape index (κ1) is 50.5. The summed E-state index contributed by atoms with van der Waals surface area (Å²) in [5.41, 5.74) is 9.18. The van der Waals surface area contributed by atoms with E-state index in [-0.39, 0.29) is 23.6 Å². The SMILES string of the molecule is BrCc1ccccc1.O=C(c1ccc2c(c1)CCCN2)N1CC(N2CCN(C(=O)c3nccs3)CC2)C1.O=C(c1ccc2c(c1)CCCN2Cc1ccccc1)N1CC(N2CCN(C(=O)c3nccs3)CC2)C1. The minimum absolute atomic E-state index is 0.0322. The molecule has 0 radical (unpaired) electrons. The molecule has 2 aromatic heterocycles. The van der Waals surface area contributed by atoms with E-state index in [0.717, 1.165) is 127 Å². The van der Waals surface area contributed by atoms with E-state index in [4.69, 9.17) is 0 Å². The van der Waals surface area contributed by atoms with Crippen molar-refractivity contribution in [3.8, 4) is 0 Å². The van der Waals surface area contributed by atoms with Crippen molar-refractivity contribution in [3.63, 3.8) is 0 Å². The molecular formula is C56H63BrN10O4S2. The van der Waals surface area contributed by atoms with Crippen molar-refractivity contribution >= 4 is 73.6 Å². The monoisotopic (exact) mass is 1080 g/mol. The fraction of sp³-hybridized carbons (Fsp3) is 0.393. The Morgan fingerprint density at radius 3 is 1.56 bits per heavy atom. The lowest BCUT2D eigenvalue weighted by molar-refractivity contribution is 0.00806. The van der Waals surface area contributed by atoms with Crippen molar-refractivity contribution in [2.45, 2.75) is 49.6 Å². The van der Waals surface area contributed by atoms with Crippen LogP contribution in [0.1, 0.15) is 75.4 Å². The number of benzene rings is 4. The summed E-state index contributed by atoms with van der Waals surface area (Å²) in [6.07, 6.45) is 7.64. The fourth-order valence-electron chi connectivity index (χ4n) is 10.5. The molecule has 6 aromatic rings. The van der Waals surface area contributed by atoms with E-state index in [9.17, 15) is 19.2 Å². The minimum atomic E-state index is 0.0322. The second kappa shape index (κ2) is 23.9. The second-order valence-electron chi connectivity index (χ2n) is 19.4. The van der Waals surface area contributed by atoms with E-state index in [1.54, 1.807) is 12.4 Å². The Bertz CT molecular complexity index is 2790. The number of nitrogens with one attached hydrogen (secondary N) is 1. The second-order valence-corrected chi connectivity index (χ2v) is 21.8. The number of piperazine rings is 2. The first-order chi connectivity index (χ1) is 35.8. The minimum Gasteiger partial charge on any atom is -0.385 e. The van der Waals surface area contributed by atoms with Crippen LogP contribution in [0.2, 0.25) is 0 Å². The van der Waals surface area contributed by atoms with Gasteiger partial charge < -0.3 is 29.8 Å². The van der Waals surface area contributed by atoms with Crippen LogP contribution in [0.25, 0.3) is 0 Å². The third kappa shape index (κ3) is 12.2. The summed E-state index contributed by atoms with van der Waals surface area (Å²) >= 11 is 6.15. The highest BCUT2D eigenvalue weighted by Gasteiger charge is 2.39. The molecule has 4 amide bonds. The van der Waals surface area contributed by atoms with E-state index in [1.165, 1.54) is 56.3 Å². The van der Waals surface area contributed by atoms with Crippen LogP contribution in [0, 0.1) is 0 Å². The van der Waals surface area contributed by atoms with E-state index < -0.39 is 0 Å². The Morgan fingerprint density at radius 2 is 1.05 bits per heavy atom. The zero-order valence-electron chi connectivity index (χ0n) is 41.2. The summed E-state index contributed by atoms with van der Waals surface area (Å²) < 4.78 is 0. The maximum atomic E-state index is 13.2. The maximum Gasteiger partial charge on any atom is 0.282 e. The number of anilines is 2. The lowest BCUT2D eigenvalue weighted by atomic mass is 9.97. The molecule has 4 fully saturated rings. The molecule has 14 nitrogen and oxygen atoms in total. The normalized spacial score (nSPS) is 18.1. The van der Waals surface area contributed by atoms with Gasteiger partial charge in [-0.15, -0.1) is 22.7 Å². The largest absolute Gasteiger partial charge is 0.385 e. The highest BCUT2D eigenvalue weighted by atomic mass is 79.9. The summed E-state index contributed by atoms with van der Waals surface area (Å²) in [4.78, 5) is 74.2. The number of fused-ring (bicyclic) bond motifs is 2. The van der Waals surface area contributed by atoms with Gasteiger partial charge in [-0.3, -0.25) is 29.0 Å². The molecule has 17 heteroatoms. The van der Waals surface area contributed by atoms with Gasteiger partial charge in [-0.1, -0.05) is 76.6 Å². The average Bonchev–Trinajstić information content (AvgIpc) is 4.18. The van der Waals surface area contributed by atoms with Crippen molar-refractivity contribution in [1.29, 1.82) is 0 Å². The highest BCUT2D eigenvalue weighted by molar-refractivity contribution is 9.08. The third-order valence-electron chi connectivity index (χ3n) is 14.8. The Labute approximate surface area is 444 Å². The van der Waals surface area contributed by atoms with Gasteiger partial charge in [0.15, 0.2) is 10.0 Å². The summed E-state index contributed by atoms with van der Waals surface area (Å²) in [6, 6.07) is 33.9. The molecule has 12 rings (SSSR count). The van der Waals surface area contributed by atoms with E-state index >= 15 is 0 Å². The molecule has 6 aliphatic heterocycles. The molecule has 0 atom stereocenters. The number of amides is 4. The number of carbonyl (C=O) groups excluding carboxylic acids is 4.